The summed E-state index contributed by atoms with van der Waals surface area (Å²) < 4.78 is 10.4. The lowest BCUT2D eigenvalue weighted by atomic mass is 10.3. The zero-order valence-electron chi connectivity index (χ0n) is 13.0. The van der Waals surface area contributed by atoms with Gasteiger partial charge < -0.3 is 19.8 Å². The number of hydrogen-bond donors (Lipinski definition) is 2. The Balaban J connectivity index is 1.67. The number of carbonyl (C=O) groups is 1. The average Bonchev–Trinajstić information content (AvgIpc) is 3.14. The van der Waals surface area contributed by atoms with Crippen molar-refractivity contribution in [2.75, 3.05) is 17.7 Å². The molecule has 0 spiro atoms. The first-order valence-corrected chi connectivity index (χ1v) is 7.28. The van der Waals surface area contributed by atoms with Crippen LogP contribution in [-0.2, 0) is 6.54 Å². The third kappa shape index (κ3) is 3.89. The summed E-state index contributed by atoms with van der Waals surface area (Å²) in [4.78, 5) is 20.4. The van der Waals surface area contributed by atoms with Gasteiger partial charge in [-0.2, -0.15) is 0 Å². The number of aromatic nitrogens is 2. The van der Waals surface area contributed by atoms with E-state index >= 15 is 0 Å². The SMILES string of the molecule is COc1cccc(NC(=O)c2cc(NCc3ccco3)ncn2)c1. The Kier molecular flexibility index (Phi) is 4.71. The number of methoxy groups -OCH3 is 1. The van der Waals surface area contributed by atoms with Gasteiger partial charge in [0.1, 0.15) is 29.3 Å². The van der Waals surface area contributed by atoms with Crippen molar-refractivity contribution >= 4 is 17.4 Å². The topological polar surface area (TPSA) is 89.3 Å². The zero-order chi connectivity index (χ0) is 16.8. The number of benzene rings is 1. The second-order valence-electron chi connectivity index (χ2n) is 4.91. The van der Waals surface area contributed by atoms with Crippen molar-refractivity contribution < 1.29 is 13.9 Å². The maximum absolute atomic E-state index is 12.3. The molecule has 0 atom stereocenters. The first-order valence-electron chi connectivity index (χ1n) is 7.28. The van der Waals surface area contributed by atoms with E-state index in [9.17, 15) is 4.79 Å². The van der Waals surface area contributed by atoms with E-state index in [0.717, 1.165) is 5.76 Å². The van der Waals surface area contributed by atoms with Gasteiger partial charge in [0.15, 0.2) is 0 Å². The molecule has 0 aliphatic heterocycles. The molecular formula is C17H16N4O3. The van der Waals surface area contributed by atoms with Gasteiger partial charge in [-0.25, -0.2) is 9.97 Å². The minimum absolute atomic E-state index is 0.259. The highest BCUT2D eigenvalue weighted by Crippen LogP contribution is 2.17. The smallest absolute Gasteiger partial charge is 0.274 e. The van der Waals surface area contributed by atoms with E-state index in [0.29, 0.717) is 23.8 Å². The molecule has 1 amide bonds. The van der Waals surface area contributed by atoms with Crippen LogP contribution in [-0.4, -0.2) is 23.0 Å². The fourth-order valence-corrected chi connectivity index (χ4v) is 2.06. The predicted molar refractivity (Wildman–Crippen MR) is 89.0 cm³/mol. The van der Waals surface area contributed by atoms with Crippen LogP contribution in [0.4, 0.5) is 11.5 Å². The molecule has 1 aromatic carbocycles. The van der Waals surface area contributed by atoms with Crippen LogP contribution in [0.15, 0.2) is 59.5 Å². The summed E-state index contributed by atoms with van der Waals surface area (Å²) in [6.45, 7) is 0.473. The van der Waals surface area contributed by atoms with Crippen molar-refractivity contribution in [3.8, 4) is 5.75 Å². The average molecular weight is 324 g/mol. The van der Waals surface area contributed by atoms with Crippen molar-refractivity contribution in [2.24, 2.45) is 0 Å². The summed E-state index contributed by atoms with van der Waals surface area (Å²) in [5, 5.41) is 5.85. The molecule has 3 rings (SSSR count). The molecule has 0 saturated heterocycles. The fraction of sp³-hybridized carbons (Fsp3) is 0.118. The Bertz CT molecular complexity index is 818. The largest absolute Gasteiger partial charge is 0.497 e. The Morgan fingerprint density at radius 1 is 1.21 bits per heavy atom. The molecule has 24 heavy (non-hydrogen) atoms. The maximum atomic E-state index is 12.3. The van der Waals surface area contributed by atoms with E-state index in [4.69, 9.17) is 9.15 Å². The van der Waals surface area contributed by atoms with E-state index in [1.807, 2.05) is 12.1 Å². The Hall–Kier alpha value is -3.35. The van der Waals surface area contributed by atoms with Crippen LogP contribution < -0.4 is 15.4 Å². The van der Waals surface area contributed by atoms with Gasteiger partial charge in [0, 0.05) is 17.8 Å². The maximum Gasteiger partial charge on any atom is 0.274 e. The highest BCUT2D eigenvalue weighted by Gasteiger charge is 2.10. The lowest BCUT2D eigenvalue weighted by molar-refractivity contribution is 0.102. The second kappa shape index (κ2) is 7.28. The lowest BCUT2D eigenvalue weighted by Crippen LogP contribution is -2.14. The summed E-state index contributed by atoms with van der Waals surface area (Å²) in [5.41, 5.74) is 0.887. The summed E-state index contributed by atoms with van der Waals surface area (Å²) in [6, 6.07) is 12.3. The molecule has 122 valence electrons. The Morgan fingerprint density at radius 3 is 2.92 bits per heavy atom. The van der Waals surface area contributed by atoms with Crippen LogP contribution in [0, 0.1) is 0 Å². The predicted octanol–water partition coefficient (Wildman–Crippen LogP) is 2.94. The molecule has 2 heterocycles. The van der Waals surface area contributed by atoms with Gasteiger partial charge in [0.05, 0.1) is 19.9 Å². The van der Waals surface area contributed by atoms with Gasteiger partial charge in [-0.3, -0.25) is 4.79 Å². The molecule has 2 aromatic heterocycles. The van der Waals surface area contributed by atoms with Gasteiger partial charge in [-0.05, 0) is 24.3 Å². The number of hydrogen-bond acceptors (Lipinski definition) is 6. The van der Waals surface area contributed by atoms with Gasteiger partial charge in [0.2, 0.25) is 0 Å². The number of nitrogens with one attached hydrogen (secondary N) is 2. The second-order valence-corrected chi connectivity index (χ2v) is 4.91. The van der Waals surface area contributed by atoms with Crippen LogP contribution in [0.25, 0.3) is 0 Å². The van der Waals surface area contributed by atoms with Crippen molar-refractivity contribution in [2.45, 2.75) is 6.54 Å². The van der Waals surface area contributed by atoms with Crippen LogP contribution in [0.5, 0.6) is 5.75 Å². The first kappa shape index (κ1) is 15.5. The number of amides is 1. The summed E-state index contributed by atoms with van der Waals surface area (Å²) in [5.74, 6) is 1.65. The van der Waals surface area contributed by atoms with E-state index in [-0.39, 0.29) is 11.6 Å². The molecule has 0 radical (unpaired) electrons. The molecule has 0 bridgehead atoms. The number of nitrogens with zero attached hydrogens (tertiary/aromatic N) is 2. The number of rotatable bonds is 6. The zero-order valence-corrected chi connectivity index (χ0v) is 13.0. The number of furan rings is 1. The van der Waals surface area contributed by atoms with E-state index < -0.39 is 0 Å². The van der Waals surface area contributed by atoms with E-state index in [2.05, 4.69) is 20.6 Å². The normalized spacial score (nSPS) is 10.2. The third-order valence-electron chi connectivity index (χ3n) is 3.25. The van der Waals surface area contributed by atoms with Crippen molar-refractivity contribution in [1.29, 1.82) is 0 Å². The fourth-order valence-electron chi connectivity index (χ4n) is 2.06. The van der Waals surface area contributed by atoms with Crippen LogP contribution >= 0.6 is 0 Å². The first-order chi connectivity index (χ1) is 11.7. The molecule has 2 N–H and O–H groups in total. The highest BCUT2D eigenvalue weighted by atomic mass is 16.5. The van der Waals surface area contributed by atoms with Crippen LogP contribution in [0.1, 0.15) is 16.2 Å². The van der Waals surface area contributed by atoms with E-state index in [1.165, 1.54) is 6.33 Å². The van der Waals surface area contributed by atoms with Gasteiger partial charge in [-0.15, -0.1) is 0 Å². The summed E-state index contributed by atoms with van der Waals surface area (Å²) >= 11 is 0. The van der Waals surface area contributed by atoms with Crippen LogP contribution in [0.2, 0.25) is 0 Å². The molecule has 7 heteroatoms. The molecule has 7 nitrogen and oxygen atoms in total. The minimum atomic E-state index is -0.327. The van der Waals surface area contributed by atoms with Crippen molar-refractivity contribution in [3.63, 3.8) is 0 Å². The summed E-state index contributed by atoms with van der Waals surface area (Å²) in [7, 11) is 1.57. The summed E-state index contributed by atoms with van der Waals surface area (Å²) in [6.07, 6.45) is 2.94. The van der Waals surface area contributed by atoms with E-state index in [1.54, 1.807) is 43.7 Å². The Morgan fingerprint density at radius 2 is 2.12 bits per heavy atom. The third-order valence-corrected chi connectivity index (χ3v) is 3.25. The molecule has 0 aliphatic carbocycles. The molecule has 0 unspecified atom stereocenters. The molecule has 0 fully saturated rings. The molecule has 0 saturated carbocycles. The van der Waals surface area contributed by atoms with Gasteiger partial charge in [0.25, 0.3) is 5.91 Å². The number of carbonyl (C=O) groups excluding carboxylic acids is 1. The lowest BCUT2D eigenvalue weighted by Gasteiger charge is -2.08. The van der Waals surface area contributed by atoms with Crippen molar-refractivity contribution in [3.05, 3.63) is 66.5 Å². The Labute approximate surface area is 138 Å². The van der Waals surface area contributed by atoms with Crippen molar-refractivity contribution in [1.82, 2.24) is 9.97 Å². The van der Waals surface area contributed by atoms with Gasteiger partial charge in [-0.1, -0.05) is 6.07 Å². The molecule has 3 aromatic rings. The quantitative estimate of drug-likeness (QED) is 0.724. The van der Waals surface area contributed by atoms with Gasteiger partial charge >= 0.3 is 0 Å². The highest BCUT2D eigenvalue weighted by molar-refractivity contribution is 6.03. The van der Waals surface area contributed by atoms with Crippen LogP contribution in [0.3, 0.4) is 0 Å². The molecule has 0 aliphatic rings. The molecular weight excluding hydrogens is 308 g/mol. The number of ether oxygens (including phenoxy) is 1. The monoisotopic (exact) mass is 324 g/mol. The number of anilines is 2. The standard InChI is InChI=1S/C17H16N4O3/c1-23-13-5-2-4-12(8-13)21-17(22)15-9-16(20-11-19-15)18-10-14-6-3-7-24-14/h2-9,11H,10H2,1H3,(H,21,22)(H,18,19,20). The minimum Gasteiger partial charge on any atom is -0.497 e.